The maximum Gasteiger partial charge on any atom is 0.330 e. The van der Waals surface area contributed by atoms with E-state index in [-0.39, 0.29) is 6.04 Å². The number of nitrogens with zero attached hydrogens (tertiary/aromatic N) is 1. The molecule has 2 rings (SSSR count). The number of fused-ring (bicyclic) bond motifs is 1. The van der Waals surface area contributed by atoms with Crippen LogP contribution >= 0.6 is 12.2 Å². The van der Waals surface area contributed by atoms with E-state index in [0.29, 0.717) is 15.9 Å². The topological polar surface area (TPSA) is 86.4 Å². The molecule has 16 heavy (non-hydrogen) atoms. The maximum absolute atomic E-state index is 11.7. The molecule has 0 saturated carbocycles. The largest absolute Gasteiger partial charge is 0.330 e. The maximum atomic E-state index is 11.7. The van der Waals surface area contributed by atoms with Crippen molar-refractivity contribution in [2.45, 2.75) is 26.3 Å². The normalized spacial score (nSPS) is 13.1. The zero-order valence-electron chi connectivity index (χ0n) is 8.96. The molecule has 0 amide bonds. The quantitative estimate of drug-likeness (QED) is 0.686. The molecule has 1 unspecified atom stereocenters. The van der Waals surface area contributed by atoms with Crippen molar-refractivity contribution in [3.63, 3.8) is 0 Å². The minimum Gasteiger partial charge on any atom is -0.325 e. The van der Waals surface area contributed by atoms with E-state index in [9.17, 15) is 9.59 Å². The Morgan fingerprint density at radius 3 is 2.62 bits per heavy atom. The number of H-pyrrole nitrogens is 3. The first-order valence-corrected chi connectivity index (χ1v) is 5.42. The van der Waals surface area contributed by atoms with Crippen LogP contribution in [0.5, 0.6) is 0 Å². The minimum absolute atomic E-state index is 0.00620. The van der Waals surface area contributed by atoms with Crippen molar-refractivity contribution in [3.05, 3.63) is 25.6 Å². The third kappa shape index (κ3) is 1.53. The van der Waals surface area contributed by atoms with E-state index in [0.717, 1.165) is 6.42 Å². The van der Waals surface area contributed by atoms with E-state index < -0.39 is 11.2 Å². The fourth-order valence-corrected chi connectivity index (χ4v) is 1.84. The van der Waals surface area contributed by atoms with Crippen LogP contribution in [0.1, 0.15) is 26.3 Å². The van der Waals surface area contributed by atoms with Crippen molar-refractivity contribution in [2.75, 3.05) is 0 Å². The Morgan fingerprint density at radius 1 is 1.31 bits per heavy atom. The summed E-state index contributed by atoms with van der Waals surface area (Å²) in [6, 6.07) is -0.00620. The van der Waals surface area contributed by atoms with Crippen LogP contribution in [0.15, 0.2) is 9.59 Å². The summed E-state index contributed by atoms with van der Waals surface area (Å²) < 4.78 is 1.84. The third-order valence-electron chi connectivity index (χ3n) is 2.65. The van der Waals surface area contributed by atoms with Gasteiger partial charge in [-0.3, -0.25) is 14.3 Å². The Kier molecular flexibility index (Phi) is 2.55. The predicted molar refractivity (Wildman–Crippen MR) is 63.4 cm³/mol. The fourth-order valence-electron chi connectivity index (χ4n) is 1.64. The average molecular weight is 240 g/mol. The molecular formula is C9H12N4O2S. The molecule has 0 aromatic carbocycles. The van der Waals surface area contributed by atoms with Crippen LogP contribution in [0.4, 0.5) is 0 Å². The smallest absolute Gasteiger partial charge is 0.325 e. The summed E-state index contributed by atoms with van der Waals surface area (Å²) >= 11 is 4.92. The van der Waals surface area contributed by atoms with Gasteiger partial charge in [0.05, 0.1) is 0 Å². The number of imidazole rings is 1. The van der Waals surface area contributed by atoms with Crippen LogP contribution in [-0.2, 0) is 0 Å². The van der Waals surface area contributed by atoms with Gasteiger partial charge in [0.25, 0.3) is 5.56 Å². The molecule has 0 aliphatic rings. The van der Waals surface area contributed by atoms with Crippen LogP contribution in [-0.4, -0.2) is 19.5 Å². The summed E-state index contributed by atoms with van der Waals surface area (Å²) in [7, 11) is 0. The van der Waals surface area contributed by atoms with E-state index in [1.165, 1.54) is 4.57 Å². The van der Waals surface area contributed by atoms with Crippen molar-refractivity contribution >= 4 is 23.4 Å². The zero-order chi connectivity index (χ0) is 11.9. The van der Waals surface area contributed by atoms with Crippen LogP contribution in [0.25, 0.3) is 11.2 Å². The van der Waals surface area contributed by atoms with Gasteiger partial charge in [-0.1, -0.05) is 6.92 Å². The highest BCUT2D eigenvalue weighted by Gasteiger charge is 2.13. The highest BCUT2D eigenvalue weighted by molar-refractivity contribution is 7.71. The molecule has 0 aliphatic carbocycles. The summed E-state index contributed by atoms with van der Waals surface area (Å²) in [5, 5.41) is 0. The lowest BCUT2D eigenvalue weighted by molar-refractivity contribution is 0.517. The fraction of sp³-hybridized carbons (Fsp3) is 0.444. The first-order valence-electron chi connectivity index (χ1n) is 5.01. The van der Waals surface area contributed by atoms with Crippen molar-refractivity contribution < 1.29 is 0 Å². The summed E-state index contributed by atoms with van der Waals surface area (Å²) in [4.78, 5) is 31.0. The van der Waals surface area contributed by atoms with Crippen molar-refractivity contribution in [2.24, 2.45) is 0 Å². The van der Waals surface area contributed by atoms with E-state index in [1.807, 2.05) is 13.8 Å². The van der Waals surface area contributed by atoms with E-state index >= 15 is 0 Å². The predicted octanol–water partition coefficient (Wildman–Crippen LogP) is 1.05. The molecule has 0 fully saturated rings. The number of aromatic amines is 3. The molecule has 2 aromatic rings. The van der Waals surface area contributed by atoms with Gasteiger partial charge in [-0.25, -0.2) is 4.79 Å². The van der Waals surface area contributed by atoms with Gasteiger partial charge < -0.3 is 9.97 Å². The van der Waals surface area contributed by atoms with Crippen LogP contribution in [0, 0.1) is 4.77 Å². The highest BCUT2D eigenvalue weighted by Crippen LogP contribution is 2.11. The summed E-state index contributed by atoms with van der Waals surface area (Å²) in [5.41, 5.74) is -0.109. The Morgan fingerprint density at radius 2 is 2.00 bits per heavy atom. The second-order valence-electron chi connectivity index (χ2n) is 3.69. The Balaban J connectivity index is 2.97. The Bertz CT molecular complexity index is 690. The third-order valence-corrected chi connectivity index (χ3v) is 2.85. The summed E-state index contributed by atoms with van der Waals surface area (Å²) in [6.07, 6.45) is 0.785. The van der Waals surface area contributed by atoms with Crippen LogP contribution in [0.3, 0.4) is 0 Å². The lowest BCUT2D eigenvalue weighted by Gasteiger charge is -2.12. The van der Waals surface area contributed by atoms with Gasteiger partial charge in [0.2, 0.25) is 0 Å². The van der Waals surface area contributed by atoms with Gasteiger partial charge in [-0.15, -0.1) is 0 Å². The zero-order valence-corrected chi connectivity index (χ0v) is 9.77. The summed E-state index contributed by atoms with van der Waals surface area (Å²) in [5.74, 6) is 0. The lowest BCUT2D eigenvalue weighted by Crippen LogP contribution is -2.32. The molecule has 0 bridgehead atoms. The van der Waals surface area contributed by atoms with Gasteiger partial charge in [0.1, 0.15) is 11.2 Å². The van der Waals surface area contributed by atoms with Gasteiger partial charge in [0.15, 0.2) is 4.77 Å². The SMILES string of the molecule is CCC(C)n1c(=O)[nH]c(=O)c2[nH]c(=S)[nH]c21. The highest BCUT2D eigenvalue weighted by atomic mass is 32.1. The Hall–Kier alpha value is -1.63. The average Bonchev–Trinajstić information content (AvgIpc) is 2.59. The molecule has 0 spiro atoms. The molecule has 0 aliphatic heterocycles. The van der Waals surface area contributed by atoms with E-state index in [1.54, 1.807) is 0 Å². The lowest BCUT2D eigenvalue weighted by atomic mass is 10.2. The monoisotopic (exact) mass is 240 g/mol. The molecule has 0 radical (unpaired) electrons. The number of hydrogen-bond acceptors (Lipinski definition) is 3. The second-order valence-corrected chi connectivity index (χ2v) is 4.10. The molecule has 6 nitrogen and oxygen atoms in total. The number of nitrogens with one attached hydrogen (secondary N) is 3. The minimum atomic E-state index is -0.452. The van der Waals surface area contributed by atoms with Crippen LogP contribution in [0.2, 0.25) is 0 Å². The van der Waals surface area contributed by atoms with Gasteiger partial charge >= 0.3 is 5.69 Å². The first-order chi connectivity index (χ1) is 7.54. The van der Waals surface area contributed by atoms with Crippen molar-refractivity contribution in [1.29, 1.82) is 0 Å². The van der Waals surface area contributed by atoms with Gasteiger partial charge in [-0.2, -0.15) is 0 Å². The van der Waals surface area contributed by atoms with E-state index in [2.05, 4.69) is 15.0 Å². The van der Waals surface area contributed by atoms with Crippen molar-refractivity contribution in [1.82, 2.24) is 19.5 Å². The van der Waals surface area contributed by atoms with Gasteiger partial charge in [-0.05, 0) is 25.6 Å². The molecule has 7 heteroatoms. The van der Waals surface area contributed by atoms with Gasteiger partial charge in [0, 0.05) is 6.04 Å². The number of rotatable bonds is 2. The molecule has 2 aromatic heterocycles. The second kappa shape index (κ2) is 3.75. The Labute approximate surface area is 95.3 Å². The molecular weight excluding hydrogens is 228 g/mol. The van der Waals surface area contributed by atoms with Crippen LogP contribution < -0.4 is 11.2 Å². The van der Waals surface area contributed by atoms with E-state index in [4.69, 9.17) is 12.2 Å². The van der Waals surface area contributed by atoms with Crippen molar-refractivity contribution in [3.8, 4) is 0 Å². The first kappa shape index (κ1) is 10.9. The molecule has 0 saturated heterocycles. The molecule has 1 atom stereocenters. The standard InChI is InChI=1S/C9H12N4O2S/c1-3-4(2)13-6-5(10-8(16)11-6)7(14)12-9(13)15/h4H,3H2,1-2H3,(H2,10,11,16)(H,12,14,15). The molecule has 3 N–H and O–H groups in total. The summed E-state index contributed by atoms with van der Waals surface area (Å²) in [6.45, 7) is 3.87. The number of aromatic nitrogens is 4. The molecule has 86 valence electrons. The number of hydrogen-bond donors (Lipinski definition) is 3. The molecule has 2 heterocycles.